The predicted octanol–water partition coefficient (Wildman–Crippen LogP) is 2.57. The molecule has 0 saturated heterocycles. The van der Waals surface area contributed by atoms with E-state index >= 15 is 0 Å². The molecule has 6 heteroatoms. The van der Waals surface area contributed by atoms with Crippen LogP contribution in [0.4, 0.5) is 0 Å². The Bertz CT molecular complexity index is 483. The SMILES string of the molecule is CS(=O)(=O)C1CCCC1NCc1cc(Br)cs1. The van der Waals surface area contributed by atoms with Crippen LogP contribution in [-0.4, -0.2) is 26.0 Å². The summed E-state index contributed by atoms with van der Waals surface area (Å²) in [7, 11) is -2.92. The van der Waals surface area contributed by atoms with Crippen molar-refractivity contribution in [2.45, 2.75) is 37.1 Å². The smallest absolute Gasteiger partial charge is 0.151 e. The Morgan fingerprint density at radius 2 is 2.29 bits per heavy atom. The Labute approximate surface area is 115 Å². The van der Waals surface area contributed by atoms with Gasteiger partial charge < -0.3 is 5.32 Å². The highest BCUT2D eigenvalue weighted by molar-refractivity contribution is 9.10. The molecule has 1 N–H and O–H groups in total. The molecule has 1 aliphatic rings. The summed E-state index contributed by atoms with van der Waals surface area (Å²) in [6.45, 7) is 0.757. The standard InChI is InChI=1S/C11H16BrNO2S2/c1-17(14,15)11-4-2-3-10(11)13-6-9-5-8(12)7-16-9/h5,7,10-11,13H,2-4,6H2,1H3. The maximum atomic E-state index is 11.6. The molecule has 2 unspecified atom stereocenters. The molecular weight excluding hydrogens is 322 g/mol. The highest BCUT2D eigenvalue weighted by Gasteiger charge is 2.34. The van der Waals surface area contributed by atoms with E-state index in [0.717, 1.165) is 30.3 Å². The average Bonchev–Trinajstić information content (AvgIpc) is 2.81. The first-order chi connectivity index (χ1) is 7.97. The Morgan fingerprint density at radius 1 is 1.53 bits per heavy atom. The fraction of sp³-hybridized carbons (Fsp3) is 0.636. The molecule has 0 aliphatic heterocycles. The van der Waals surface area contributed by atoms with Gasteiger partial charge in [-0.25, -0.2) is 8.42 Å². The fourth-order valence-corrected chi connectivity index (χ4v) is 5.18. The molecule has 2 rings (SSSR count). The van der Waals surface area contributed by atoms with E-state index in [1.807, 2.05) is 5.38 Å². The average molecular weight is 338 g/mol. The normalized spacial score (nSPS) is 25.3. The lowest BCUT2D eigenvalue weighted by molar-refractivity contribution is 0.509. The number of sulfone groups is 1. The van der Waals surface area contributed by atoms with Crippen molar-refractivity contribution in [2.24, 2.45) is 0 Å². The van der Waals surface area contributed by atoms with E-state index in [2.05, 4.69) is 27.3 Å². The van der Waals surface area contributed by atoms with E-state index in [1.54, 1.807) is 11.3 Å². The van der Waals surface area contributed by atoms with Crippen LogP contribution >= 0.6 is 27.3 Å². The van der Waals surface area contributed by atoms with Crippen LogP contribution in [0.25, 0.3) is 0 Å². The van der Waals surface area contributed by atoms with Crippen molar-refractivity contribution < 1.29 is 8.42 Å². The van der Waals surface area contributed by atoms with Gasteiger partial charge in [-0.05, 0) is 34.8 Å². The molecule has 1 heterocycles. The van der Waals surface area contributed by atoms with Gasteiger partial charge in [-0.15, -0.1) is 11.3 Å². The quantitative estimate of drug-likeness (QED) is 0.918. The van der Waals surface area contributed by atoms with E-state index < -0.39 is 9.84 Å². The summed E-state index contributed by atoms with van der Waals surface area (Å²) in [6.07, 6.45) is 4.11. The number of rotatable bonds is 4. The number of hydrogen-bond donors (Lipinski definition) is 1. The molecule has 0 radical (unpaired) electrons. The minimum Gasteiger partial charge on any atom is -0.308 e. The Kier molecular flexibility index (Phi) is 4.28. The van der Waals surface area contributed by atoms with Crippen molar-refractivity contribution in [1.29, 1.82) is 0 Å². The zero-order chi connectivity index (χ0) is 12.5. The van der Waals surface area contributed by atoms with Crippen LogP contribution < -0.4 is 5.32 Å². The van der Waals surface area contributed by atoms with Crippen molar-refractivity contribution in [3.63, 3.8) is 0 Å². The second kappa shape index (κ2) is 5.38. The third-order valence-corrected chi connectivity index (χ3v) is 6.52. The highest BCUT2D eigenvalue weighted by atomic mass is 79.9. The molecule has 17 heavy (non-hydrogen) atoms. The summed E-state index contributed by atoms with van der Waals surface area (Å²) in [5, 5.41) is 5.22. The van der Waals surface area contributed by atoms with Crippen LogP contribution in [-0.2, 0) is 16.4 Å². The minimum absolute atomic E-state index is 0.117. The number of thiophene rings is 1. The second-order valence-electron chi connectivity index (χ2n) is 4.52. The van der Waals surface area contributed by atoms with Crippen LogP contribution in [0.3, 0.4) is 0 Å². The Morgan fingerprint density at radius 3 is 2.88 bits per heavy atom. The van der Waals surface area contributed by atoms with E-state index in [9.17, 15) is 8.42 Å². The van der Waals surface area contributed by atoms with Crippen LogP contribution in [0.1, 0.15) is 24.1 Å². The number of halogens is 1. The summed E-state index contributed by atoms with van der Waals surface area (Å²) in [5.41, 5.74) is 0. The molecule has 3 nitrogen and oxygen atoms in total. The molecule has 1 fully saturated rings. The summed E-state index contributed by atoms with van der Waals surface area (Å²) in [6, 6.07) is 2.19. The van der Waals surface area contributed by atoms with Crippen molar-refractivity contribution >= 4 is 37.1 Å². The summed E-state index contributed by atoms with van der Waals surface area (Å²) < 4.78 is 24.3. The summed E-state index contributed by atoms with van der Waals surface area (Å²) in [5.74, 6) is 0. The van der Waals surface area contributed by atoms with E-state index in [0.29, 0.717) is 0 Å². The number of nitrogens with one attached hydrogen (secondary N) is 1. The van der Waals surface area contributed by atoms with Gasteiger partial charge in [0.2, 0.25) is 0 Å². The van der Waals surface area contributed by atoms with Gasteiger partial charge in [0.25, 0.3) is 0 Å². The van der Waals surface area contributed by atoms with Gasteiger partial charge >= 0.3 is 0 Å². The van der Waals surface area contributed by atoms with Gasteiger partial charge in [0.05, 0.1) is 5.25 Å². The molecule has 0 spiro atoms. The topological polar surface area (TPSA) is 46.2 Å². The molecule has 2 atom stereocenters. The van der Waals surface area contributed by atoms with Gasteiger partial charge in [-0.3, -0.25) is 0 Å². The summed E-state index contributed by atoms with van der Waals surface area (Å²) >= 11 is 5.10. The lowest BCUT2D eigenvalue weighted by Gasteiger charge is -2.19. The first-order valence-corrected chi connectivity index (χ1v) is 9.24. The van der Waals surface area contributed by atoms with Crippen LogP contribution in [0, 0.1) is 0 Å². The number of hydrogen-bond acceptors (Lipinski definition) is 4. The van der Waals surface area contributed by atoms with Crippen molar-refractivity contribution in [3.8, 4) is 0 Å². The van der Waals surface area contributed by atoms with Crippen LogP contribution in [0.15, 0.2) is 15.9 Å². The first kappa shape index (κ1) is 13.5. The van der Waals surface area contributed by atoms with E-state index in [1.165, 1.54) is 11.1 Å². The van der Waals surface area contributed by atoms with Gasteiger partial charge in [0.15, 0.2) is 9.84 Å². The van der Waals surface area contributed by atoms with Crippen molar-refractivity contribution in [2.75, 3.05) is 6.26 Å². The fourth-order valence-electron chi connectivity index (χ4n) is 2.35. The second-order valence-corrected chi connectivity index (χ2v) is 8.69. The highest BCUT2D eigenvalue weighted by Crippen LogP contribution is 2.26. The van der Waals surface area contributed by atoms with E-state index in [4.69, 9.17) is 0 Å². The molecule has 0 bridgehead atoms. The molecule has 0 amide bonds. The van der Waals surface area contributed by atoms with E-state index in [-0.39, 0.29) is 11.3 Å². The minimum atomic E-state index is -2.92. The maximum Gasteiger partial charge on any atom is 0.151 e. The van der Waals surface area contributed by atoms with Crippen molar-refractivity contribution in [1.82, 2.24) is 5.32 Å². The molecule has 1 aromatic rings. The maximum absolute atomic E-state index is 11.6. The van der Waals surface area contributed by atoms with Gasteiger partial charge in [-0.1, -0.05) is 6.42 Å². The monoisotopic (exact) mass is 337 g/mol. The zero-order valence-corrected chi connectivity index (χ0v) is 12.9. The largest absolute Gasteiger partial charge is 0.308 e. The van der Waals surface area contributed by atoms with Gasteiger partial charge in [0, 0.05) is 33.6 Å². The van der Waals surface area contributed by atoms with Crippen LogP contribution in [0.5, 0.6) is 0 Å². The van der Waals surface area contributed by atoms with Crippen molar-refractivity contribution in [3.05, 3.63) is 20.8 Å². The third-order valence-electron chi connectivity index (χ3n) is 3.16. The van der Waals surface area contributed by atoms with Crippen LogP contribution in [0.2, 0.25) is 0 Å². The molecule has 96 valence electrons. The lowest BCUT2D eigenvalue weighted by atomic mass is 10.2. The molecule has 1 saturated carbocycles. The molecular formula is C11H16BrNO2S2. The molecule has 1 aromatic heterocycles. The lowest BCUT2D eigenvalue weighted by Crippen LogP contribution is -2.39. The molecule has 1 aliphatic carbocycles. The predicted molar refractivity (Wildman–Crippen MR) is 75.1 cm³/mol. The van der Waals surface area contributed by atoms with Gasteiger partial charge in [0.1, 0.15) is 0 Å². The first-order valence-electron chi connectivity index (χ1n) is 5.62. The van der Waals surface area contributed by atoms with Gasteiger partial charge in [-0.2, -0.15) is 0 Å². The Hall–Kier alpha value is 0.0900. The zero-order valence-electron chi connectivity index (χ0n) is 9.65. The summed E-state index contributed by atoms with van der Waals surface area (Å²) in [4.78, 5) is 1.23. The Balaban J connectivity index is 1.95. The third kappa shape index (κ3) is 3.53. The molecule has 0 aromatic carbocycles.